The highest BCUT2D eigenvalue weighted by atomic mass is 16.5. The van der Waals surface area contributed by atoms with Crippen LogP contribution in [-0.4, -0.2) is 39.8 Å². The molecule has 25 heavy (non-hydrogen) atoms. The average molecular weight is 339 g/mol. The van der Waals surface area contributed by atoms with Gasteiger partial charge in [0.1, 0.15) is 12.4 Å². The van der Waals surface area contributed by atoms with Crippen molar-refractivity contribution in [2.75, 3.05) is 13.2 Å². The van der Waals surface area contributed by atoms with Gasteiger partial charge in [0.2, 0.25) is 5.91 Å². The van der Waals surface area contributed by atoms with Crippen molar-refractivity contribution in [3.05, 3.63) is 47.8 Å². The Morgan fingerprint density at radius 3 is 3.04 bits per heavy atom. The Balaban J connectivity index is 1.47. The molecule has 0 saturated carbocycles. The monoisotopic (exact) mass is 339 g/mol. The van der Waals surface area contributed by atoms with Crippen molar-refractivity contribution in [2.24, 2.45) is 5.92 Å². The number of hydrogen-bond donors (Lipinski definition) is 0. The van der Waals surface area contributed by atoms with Crippen molar-refractivity contribution in [1.29, 1.82) is 0 Å². The molecule has 1 aromatic carbocycles. The molecular formula is C20H25N3O2. The van der Waals surface area contributed by atoms with Crippen LogP contribution in [0.25, 0.3) is 0 Å². The van der Waals surface area contributed by atoms with Crippen molar-refractivity contribution in [3.63, 3.8) is 0 Å². The minimum Gasteiger partial charge on any atom is -0.492 e. The fraction of sp³-hybridized carbons (Fsp3) is 0.500. The number of ether oxygens (including phenoxy) is 1. The van der Waals surface area contributed by atoms with Crippen LogP contribution in [0.15, 0.2) is 36.7 Å². The maximum Gasteiger partial charge on any atom is 0.229 e. The van der Waals surface area contributed by atoms with E-state index in [-0.39, 0.29) is 17.9 Å². The number of carbonyl (C=O) groups is 1. The molecule has 2 aromatic rings. The second-order valence-corrected chi connectivity index (χ2v) is 7.24. The first-order chi connectivity index (χ1) is 12.2. The standard InChI is InChI=1S/C20H25N3O2/c1-15-11-21-22(12-15)13-18-7-4-5-9-23(18)20(24)17-10-16-6-2-3-8-19(16)25-14-17/h2-3,6,8,11-12,17-18H,4-5,7,9-10,13-14H2,1H3/t17-,18-/m1/s1. The van der Waals surface area contributed by atoms with Crippen LogP contribution in [-0.2, 0) is 17.8 Å². The maximum absolute atomic E-state index is 13.2. The van der Waals surface area contributed by atoms with E-state index in [2.05, 4.69) is 22.3 Å². The summed E-state index contributed by atoms with van der Waals surface area (Å²) in [6.45, 7) is 4.16. The SMILES string of the molecule is Cc1cnn(C[C@H]2CCCCN2C(=O)[C@H]2COc3ccccc3C2)c1. The summed E-state index contributed by atoms with van der Waals surface area (Å²) in [5, 5.41) is 4.40. The van der Waals surface area contributed by atoms with Gasteiger partial charge in [-0.15, -0.1) is 0 Å². The summed E-state index contributed by atoms with van der Waals surface area (Å²) in [5.41, 5.74) is 2.30. The number of carbonyl (C=O) groups excluding carboxylic acids is 1. The van der Waals surface area contributed by atoms with E-state index in [1.807, 2.05) is 36.0 Å². The topological polar surface area (TPSA) is 47.4 Å². The number of aromatic nitrogens is 2. The van der Waals surface area contributed by atoms with Gasteiger partial charge in [0.05, 0.1) is 24.7 Å². The van der Waals surface area contributed by atoms with Crippen molar-refractivity contribution < 1.29 is 9.53 Å². The van der Waals surface area contributed by atoms with Crippen molar-refractivity contribution >= 4 is 5.91 Å². The summed E-state index contributed by atoms with van der Waals surface area (Å²) in [5.74, 6) is 1.09. The van der Waals surface area contributed by atoms with Crippen LogP contribution in [0.3, 0.4) is 0 Å². The molecule has 2 aliphatic heterocycles. The molecule has 0 aliphatic carbocycles. The fourth-order valence-electron chi connectivity index (χ4n) is 3.98. The Morgan fingerprint density at radius 2 is 2.20 bits per heavy atom. The first-order valence-electron chi connectivity index (χ1n) is 9.21. The van der Waals surface area contributed by atoms with E-state index in [9.17, 15) is 4.79 Å². The molecule has 132 valence electrons. The van der Waals surface area contributed by atoms with Crippen LogP contribution in [0.4, 0.5) is 0 Å². The predicted molar refractivity (Wildman–Crippen MR) is 95.4 cm³/mol. The molecule has 0 N–H and O–H groups in total. The van der Waals surface area contributed by atoms with Gasteiger partial charge in [0.25, 0.3) is 0 Å². The number of para-hydroxylation sites is 1. The van der Waals surface area contributed by atoms with Gasteiger partial charge < -0.3 is 9.64 Å². The molecule has 2 atom stereocenters. The normalized spacial score (nSPS) is 23.0. The highest BCUT2D eigenvalue weighted by Crippen LogP contribution is 2.29. The zero-order valence-electron chi connectivity index (χ0n) is 14.7. The molecule has 0 unspecified atom stereocenters. The largest absolute Gasteiger partial charge is 0.492 e. The number of nitrogens with zero attached hydrogens (tertiary/aromatic N) is 3. The smallest absolute Gasteiger partial charge is 0.229 e. The van der Waals surface area contributed by atoms with Gasteiger partial charge in [-0.2, -0.15) is 5.10 Å². The summed E-state index contributed by atoms with van der Waals surface area (Å²) in [6.07, 6.45) is 8.02. The molecule has 1 saturated heterocycles. The Kier molecular flexibility index (Phi) is 4.47. The van der Waals surface area contributed by atoms with Crippen molar-refractivity contribution in [2.45, 2.75) is 45.2 Å². The van der Waals surface area contributed by atoms with E-state index in [1.165, 1.54) is 6.42 Å². The zero-order valence-corrected chi connectivity index (χ0v) is 14.7. The highest BCUT2D eigenvalue weighted by Gasteiger charge is 2.34. The third-order valence-corrected chi connectivity index (χ3v) is 5.30. The lowest BCUT2D eigenvalue weighted by atomic mass is 9.93. The van der Waals surface area contributed by atoms with Crippen LogP contribution in [0.2, 0.25) is 0 Å². The Morgan fingerprint density at radius 1 is 1.32 bits per heavy atom. The van der Waals surface area contributed by atoms with E-state index in [4.69, 9.17) is 4.74 Å². The lowest BCUT2D eigenvalue weighted by Crippen LogP contribution is -2.50. The number of rotatable bonds is 3. The molecule has 1 amide bonds. The van der Waals surface area contributed by atoms with Crippen LogP contribution < -0.4 is 4.74 Å². The summed E-state index contributed by atoms with van der Waals surface area (Å²) in [4.78, 5) is 15.3. The lowest BCUT2D eigenvalue weighted by molar-refractivity contribution is -0.141. The number of piperidine rings is 1. The Hall–Kier alpha value is -2.30. The van der Waals surface area contributed by atoms with Crippen LogP contribution in [0.5, 0.6) is 5.75 Å². The predicted octanol–water partition coefficient (Wildman–Crippen LogP) is 2.82. The number of hydrogen-bond acceptors (Lipinski definition) is 3. The summed E-state index contributed by atoms with van der Waals surface area (Å²) < 4.78 is 7.81. The first-order valence-corrected chi connectivity index (χ1v) is 9.21. The average Bonchev–Trinajstić information content (AvgIpc) is 3.06. The number of aryl methyl sites for hydroxylation is 1. The van der Waals surface area contributed by atoms with Gasteiger partial charge in [0, 0.05) is 12.7 Å². The number of benzene rings is 1. The number of fused-ring (bicyclic) bond motifs is 1. The summed E-state index contributed by atoms with van der Waals surface area (Å²) in [7, 11) is 0. The second-order valence-electron chi connectivity index (χ2n) is 7.24. The Bertz CT molecular complexity index is 755. The van der Waals surface area contributed by atoms with Gasteiger partial charge in [0.15, 0.2) is 0 Å². The molecule has 5 heteroatoms. The number of amides is 1. The second kappa shape index (κ2) is 6.90. The molecule has 0 spiro atoms. The molecule has 0 radical (unpaired) electrons. The van der Waals surface area contributed by atoms with Crippen LogP contribution in [0.1, 0.15) is 30.4 Å². The van der Waals surface area contributed by atoms with Crippen molar-refractivity contribution in [1.82, 2.24) is 14.7 Å². The highest BCUT2D eigenvalue weighted by molar-refractivity contribution is 5.80. The van der Waals surface area contributed by atoms with Gasteiger partial charge >= 0.3 is 0 Å². The molecule has 2 aliphatic rings. The van der Waals surface area contributed by atoms with Gasteiger partial charge in [-0.25, -0.2) is 0 Å². The minimum atomic E-state index is -0.0742. The van der Waals surface area contributed by atoms with Gasteiger partial charge in [-0.05, 0) is 49.8 Å². The van der Waals surface area contributed by atoms with E-state index >= 15 is 0 Å². The van der Waals surface area contributed by atoms with Crippen LogP contribution >= 0.6 is 0 Å². The van der Waals surface area contributed by atoms with E-state index < -0.39 is 0 Å². The third kappa shape index (κ3) is 3.41. The first kappa shape index (κ1) is 16.2. The van der Waals surface area contributed by atoms with Gasteiger partial charge in [-0.1, -0.05) is 18.2 Å². The zero-order chi connectivity index (χ0) is 17.2. The number of likely N-dealkylation sites (tertiary alicyclic amines) is 1. The lowest BCUT2D eigenvalue weighted by Gasteiger charge is -2.38. The molecule has 3 heterocycles. The maximum atomic E-state index is 13.2. The quantitative estimate of drug-likeness (QED) is 0.864. The third-order valence-electron chi connectivity index (χ3n) is 5.30. The van der Waals surface area contributed by atoms with E-state index in [0.717, 1.165) is 49.2 Å². The van der Waals surface area contributed by atoms with E-state index in [1.54, 1.807) is 0 Å². The molecule has 4 rings (SSSR count). The molecule has 0 bridgehead atoms. The Labute approximate surface area is 148 Å². The molecule has 1 fully saturated rings. The summed E-state index contributed by atoms with van der Waals surface area (Å²) >= 11 is 0. The summed E-state index contributed by atoms with van der Waals surface area (Å²) in [6, 6.07) is 8.28. The molecular weight excluding hydrogens is 314 g/mol. The van der Waals surface area contributed by atoms with Crippen molar-refractivity contribution in [3.8, 4) is 5.75 Å². The van der Waals surface area contributed by atoms with Crippen LogP contribution in [0, 0.1) is 12.8 Å². The molecule has 5 nitrogen and oxygen atoms in total. The fourth-order valence-corrected chi connectivity index (χ4v) is 3.98. The minimum absolute atomic E-state index is 0.0742. The molecule has 1 aromatic heterocycles. The van der Waals surface area contributed by atoms with E-state index in [0.29, 0.717) is 6.61 Å². The van der Waals surface area contributed by atoms with Gasteiger partial charge in [-0.3, -0.25) is 9.48 Å².